The zero-order valence-electron chi connectivity index (χ0n) is 13.4. The van der Waals surface area contributed by atoms with E-state index in [9.17, 15) is 0 Å². The van der Waals surface area contributed by atoms with Gasteiger partial charge in [-0.2, -0.15) is 0 Å². The van der Waals surface area contributed by atoms with Crippen molar-refractivity contribution in [3.8, 4) is 5.75 Å². The molecule has 0 radical (unpaired) electrons. The van der Waals surface area contributed by atoms with Crippen molar-refractivity contribution in [1.29, 1.82) is 0 Å². The van der Waals surface area contributed by atoms with Crippen LogP contribution in [0, 0.1) is 13.8 Å². The molecule has 0 aliphatic heterocycles. The smallest absolute Gasteiger partial charge is 0.188 e. The molecule has 1 rings (SSSR count). The molecular formula is C15H26N4O2. The van der Waals surface area contributed by atoms with Crippen LogP contribution in [0.4, 0.5) is 0 Å². The molecule has 6 nitrogen and oxygen atoms in total. The first-order chi connectivity index (χ1) is 10.1. The standard InChI is InChI=1S/C15H26N4O2/c1-5-21-8-6-7-17-15(16)19-10-13-12(3)14(20-4)11(2)9-18-13/h9H,5-8,10H2,1-4H3,(H3,16,17,19). The van der Waals surface area contributed by atoms with Crippen molar-refractivity contribution >= 4 is 5.96 Å². The van der Waals surface area contributed by atoms with Gasteiger partial charge in [-0.3, -0.25) is 4.98 Å². The maximum atomic E-state index is 5.83. The van der Waals surface area contributed by atoms with Crippen molar-refractivity contribution in [1.82, 2.24) is 10.3 Å². The molecule has 0 fully saturated rings. The molecule has 0 spiro atoms. The van der Waals surface area contributed by atoms with Crippen molar-refractivity contribution in [3.05, 3.63) is 23.0 Å². The Kier molecular flexibility index (Phi) is 7.53. The molecule has 6 heteroatoms. The van der Waals surface area contributed by atoms with Gasteiger partial charge in [0, 0.05) is 37.1 Å². The van der Waals surface area contributed by atoms with Crippen LogP contribution in [0.1, 0.15) is 30.2 Å². The van der Waals surface area contributed by atoms with Gasteiger partial charge >= 0.3 is 0 Å². The first-order valence-corrected chi connectivity index (χ1v) is 7.20. The molecule has 0 saturated carbocycles. The number of guanidine groups is 1. The number of nitrogens with zero attached hydrogens (tertiary/aromatic N) is 2. The summed E-state index contributed by atoms with van der Waals surface area (Å²) in [5.41, 5.74) is 8.72. The molecule has 0 unspecified atom stereocenters. The highest BCUT2D eigenvalue weighted by atomic mass is 16.5. The molecule has 0 aliphatic rings. The van der Waals surface area contributed by atoms with Crippen molar-refractivity contribution < 1.29 is 9.47 Å². The number of hydrogen-bond acceptors (Lipinski definition) is 4. The zero-order chi connectivity index (χ0) is 15.7. The molecule has 0 saturated heterocycles. The number of nitrogens with two attached hydrogens (primary N) is 1. The fraction of sp³-hybridized carbons (Fsp3) is 0.600. The van der Waals surface area contributed by atoms with Crippen molar-refractivity contribution in [2.75, 3.05) is 26.9 Å². The summed E-state index contributed by atoms with van der Waals surface area (Å²) >= 11 is 0. The van der Waals surface area contributed by atoms with E-state index in [1.54, 1.807) is 13.3 Å². The van der Waals surface area contributed by atoms with E-state index >= 15 is 0 Å². The maximum absolute atomic E-state index is 5.83. The lowest BCUT2D eigenvalue weighted by molar-refractivity contribution is 0.145. The minimum atomic E-state index is 0.423. The van der Waals surface area contributed by atoms with Crippen LogP contribution in [0.5, 0.6) is 5.75 Å². The second-order valence-electron chi connectivity index (χ2n) is 4.72. The van der Waals surface area contributed by atoms with E-state index in [0.717, 1.165) is 48.7 Å². The number of aromatic nitrogens is 1. The number of pyridine rings is 1. The van der Waals surface area contributed by atoms with Crippen LogP contribution in [-0.4, -0.2) is 37.8 Å². The Morgan fingerprint density at radius 3 is 2.86 bits per heavy atom. The molecule has 3 N–H and O–H groups in total. The van der Waals surface area contributed by atoms with E-state index in [-0.39, 0.29) is 0 Å². The third kappa shape index (κ3) is 5.59. The summed E-state index contributed by atoms with van der Waals surface area (Å²) in [5.74, 6) is 1.28. The topological polar surface area (TPSA) is 81.8 Å². The lowest BCUT2D eigenvalue weighted by Gasteiger charge is -2.11. The second-order valence-corrected chi connectivity index (χ2v) is 4.72. The Morgan fingerprint density at radius 2 is 2.19 bits per heavy atom. The van der Waals surface area contributed by atoms with Gasteiger partial charge in [0.15, 0.2) is 5.96 Å². The summed E-state index contributed by atoms with van der Waals surface area (Å²) < 4.78 is 10.6. The monoisotopic (exact) mass is 294 g/mol. The maximum Gasteiger partial charge on any atom is 0.188 e. The molecule has 0 amide bonds. The van der Waals surface area contributed by atoms with Gasteiger partial charge in [-0.25, -0.2) is 4.99 Å². The van der Waals surface area contributed by atoms with Crippen LogP contribution in [0.15, 0.2) is 11.2 Å². The SMILES string of the molecule is CCOCCCNC(N)=NCc1ncc(C)c(OC)c1C. The molecule has 0 aromatic carbocycles. The van der Waals surface area contributed by atoms with Crippen molar-refractivity contribution in [2.24, 2.45) is 10.7 Å². The van der Waals surface area contributed by atoms with Gasteiger partial charge in [0.05, 0.1) is 19.3 Å². The Hall–Kier alpha value is -1.82. The summed E-state index contributed by atoms with van der Waals surface area (Å²) in [5, 5.41) is 3.06. The average Bonchev–Trinajstić information content (AvgIpc) is 2.47. The number of rotatable bonds is 8. The molecule has 1 aromatic rings. The first kappa shape index (κ1) is 17.2. The lowest BCUT2D eigenvalue weighted by atomic mass is 10.1. The second kappa shape index (κ2) is 9.18. The van der Waals surface area contributed by atoms with Gasteiger partial charge in [-0.15, -0.1) is 0 Å². The predicted molar refractivity (Wildman–Crippen MR) is 84.7 cm³/mol. The van der Waals surface area contributed by atoms with Crippen LogP contribution in [-0.2, 0) is 11.3 Å². The summed E-state index contributed by atoms with van der Waals surface area (Å²) in [6.07, 6.45) is 2.70. The molecule has 1 heterocycles. The molecule has 0 aliphatic carbocycles. The largest absolute Gasteiger partial charge is 0.496 e. The van der Waals surface area contributed by atoms with E-state index in [2.05, 4.69) is 15.3 Å². The molecule has 1 aromatic heterocycles. The number of hydrogen-bond donors (Lipinski definition) is 2. The number of aryl methyl sites for hydroxylation is 1. The molecule has 0 bridgehead atoms. The minimum Gasteiger partial charge on any atom is -0.496 e. The number of nitrogens with one attached hydrogen (secondary N) is 1. The highest BCUT2D eigenvalue weighted by molar-refractivity contribution is 5.77. The Bertz CT molecular complexity index is 475. The van der Waals surface area contributed by atoms with Gasteiger partial charge in [0.25, 0.3) is 0 Å². The van der Waals surface area contributed by atoms with Crippen LogP contribution in [0.25, 0.3) is 0 Å². The van der Waals surface area contributed by atoms with Crippen LogP contribution >= 0.6 is 0 Å². The van der Waals surface area contributed by atoms with E-state index in [4.69, 9.17) is 15.2 Å². The Morgan fingerprint density at radius 1 is 1.43 bits per heavy atom. The van der Waals surface area contributed by atoms with Crippen molar-refractivity contribution in [2.45, 2.75) is 33.7 Å². The minimum absolute atomic E-state index is 0.423. The number of aliphatic imine (C=N–C) groups is 1. The van der Waals surface area contributed by atoms with Gasteiger partial charge in [0.2, 0.25) is 0 Å². The van der Waals surface area contributed by atoms with Gasteiger partial charge in [-0.05, 0) is 27.2 Å². The number of ether oxygens (including phenoxy) is 2. The highest BCUT2D eigenvalue weighted by Gasteiger charge is 2.08. The summed E-state index contributed by atoms with van der Waals surface area (Å²) in [7, 11) is 1.66. The molecular weight excluding hydrogens is 268 g/mol. The summed E-state index contributed by atoms with van der Waals surface area (Å²) in [4.78, 5) is 8.69. The third-order valence-electron chi connectivity index (χ3n) is 3.12. The lowest BCUT2D eigenvalue weighted by Crippen LogP contribution is -2.32. The Balaban J connectivity index is 2.52. The fourth-order valence-corrected chi connectivity index (χ4v) is 1.98. The van der Waals surface area contributed by atoms with Crippen LogP contribution in [0.2, 0.25) is 0 Å². The fourth-order valence-electron chi connectivity index (χ4n) is 1.98. The summed E-state index contributed by atoms with van der Waals surface area (Å²) in [6.45, 7) is 8.59. The van der Waals surface area contributed by atoms with Crippen molar-refractivity contribution in [3.63, 3.8) is 0 Å². The van der Waals surface area contributed by atoms with Crippen LogP contribution < -0.4 is 15.8 Å². The first-order valence-electron chi connectivity index (χ1n) is 7.20. The van der Waals surface area contributed by atoms with Gasteiger partial charge in [-0.1, -0.05) is 0 Å². The zero-order valence-corrected chi connectivity index (χ0v) is 13.4. The van der Waals surface area contributed by atoms with Gasteiger partial charge in [0.1, 0.15) is 5.75 Å². The quantitative estimate of drug-likeness (QED) is 0.432. The van der Waals surface area contributed by atoms with E-state index in [1.807, 2.05) is 20.8 Å². The van der Waals surface area contributed by atoms with E-state index < -0.39 is 0 Å². The summed E-state index contributed by atoms with van der Waals surface area (Å²) in [6, 6.07) is 0. The Labute approximate surface area is 126 Å². The number of methoxy groups -OCH3 is 1. The van der Waals surface area contributed by atoms with Gasteiger partial charge < -0.3 is 20.5 Å². The molecule has 118 valence electrons. The third-order valence-corrected chi connectivity index (χ3v) is 3.12. The molecule has 0 atom stereocenters. The normalized spacial score (nSPS) is 11.5. The molecule has 21 heavy (non-hydrogen) atoms. The average molecular weight is 294 g/mol. The van der Waals surface area contributed by atoms with Crippen LogP contribution in [0.3, 0.4) is 0 Å². The van der Waals surface area contributed by atoms with E-state index in [0.29, 0.717) is 12.5 Å². The van der Waals surface area contributed by atoms with E-state index in [1.165, 1.54) is 0 Å². The predicted octanol–water partition coefficient (Wildman–Crippen LogP) is 1.54. The highest BCUT2D eigenvalue weighted by Crippen LogP contribution is 2.24.